The minimum atomic E-state index is -0.623. The summed E-state index contributed by atoms with van der Waals surface area (Å²) in [5.41, 5.74) is 5.63. The van der Waals surface area contributed by atoms with E-state index in [1.54, 1.807) is 24.2 Å². The van der Waals surface area contributed by atoms with Crippen molar-refractivity contribution in [2.24, 2.45) is 0 Å². The Bertz CT molecular complexity index is 1810. The quantitative estimate of drug-likeness (QED) is 0.226. The molecule has 5 heterocycles. The summed E-state index contributed by atoms with van der Waals surface area (Å²) in [5, 5.41) is 14.5. The lowest BCUT2D eigenvalue weighted by molar-refractivity contribution is -0.126. The number of amides is 1. The number of fused-ring (bicyclic) bond motifs is 1. The number of likely N-dealkylation sites (tertiary alicyclic amines) is 1. The lowest BCUT2D eigenvalue weighted by atomic mass is 9.88. The number of methoxy groups -OCH3 is 1. The molecule has 1 aliphatic rings. The van der Waals surface area contributed by atoms with Gasteiger partial charge >= 0.3 is 0 Å². The first-order valence-electron chi connectivity index (χ1n) is 13.6. The smallest absolute Gasteiger partial charge is 0.295 e. The van der Waals surface area contributed by atoms with Crippen molar-refractivity contribution in [1.82, 2.24) is 34.6 Å². The number of Topliss-reactive ketones (excluding diaryl/α,β-unsaturated/α-hetero) is 1. The van der Waals surface area contributed by atoms with Crippen molar-refractivity contribution in [3.63, 3.8) is 0 Å². The predicted octanol–water partition coefficient (Wildman–Crippen LogP) is 3.66. The van der Waals surface area contributed by atoms with Gasteiger partial charge in [0.25, 0.3) is 11.7 Å². The van der Waals surface area contributed by atoms with Gasteiger partial charge in [0.05, 0.1) is 36.4 Å². The molecule has 4 aromatic heterocycles. The molecule has 11 nitrogen and oxygen atoms in total. The van der Waals surface area contributed by atoms with E-state index >= 15 is 0 Å². The maximum atomic E-state index is 13.6. The molecular weight excluding hydrogens is 534 g/mol. The maximum Gasteiger partial charge on any atom is 0.295 e. The number of ketones is 1. The van der Waals surface area contributed by atoms with Crippen LogP contribution in [0.25, 0.3) is 22.3 Å². The Morgan fingerprint density at radius 2 is 1.83 bits per heavy atom. The van der Waals surface area contributed by atoms with E-state index < -0.39 is 11.7 Å². The zero-order valence-electron chi connectivity index (χ0n) is 23.2. The van der Waals surface area contributed by atoms with Gasteiger partial charge in [-0.3, -0.25) is 14.6 Å². The van der Waals surface area contributed by atoms with Crippen molar-refractivity contribution < 1.29 is 19.4 Å². The van der Waals surface area contributed by atoms with E-state index in [9.17, 15) is 14.7 Å². The highest BCUT2D eigenvalue weighted by molar-refractivity contribution is 6.45. The van der Waals surface area contributed by atoms with Crippen LogP contribution < -0.4 is 4.74 Å². The van der Waals surface area contributed by atoms with Crippen LogP contribution in [0.5, 0.6) is 5.75 Å². The van der Waals surface area contributed by atoms with Gasteiger partial charge in [-0.2, -0.15) is 5.10 Å². The fraction of sp³-hybridized carbons (Fsp3) is 0.226. The van der Waals surface area contributed by atoms with Gasteiger partial charge in [-0.1, -0.05) is 35.9 Å². The minimum absolute atomic E-state index is 0.0999. The van der Waals surface area contributed by atoms with Crippen LogP contribution in [0.2, 0.25) is 0 Å². The molecule has 0 atom stereocenters. The van der Waals surface area contributed by atoms with Gasteiger partial charge in [0.1, 0.15) is 17.9 Å². The fourth-order valence-electron chi connectivity index (χ4n) is 5.44. The Morgan fingerprint density at radius 1 is 1.05 bits per heavy atom. The molecule has 1 aliphatic heterocycles. The highest BCUT2D eigenvalue weighted by Crippen LogP contribution is 2.34. The number of carbonyl (C=O) groups is 2. The van der Waals surface area contributed by atoms with Gasteiger partial charge in [0.15, 0.2) is 5.82 Å². The Balaban J connectivity index is 1.29. The molecule has 11 heteroatoms. The van der Waals surface area contributed by atoms with Crippen molar-refractivity contribution in [2.75, 3.05) is 20.2 Å². The molecule has 1 saturated heterocycles. The summed E-state index contributed by atoms with van der Waals surface area (Å²) in [6.45, 7) is 2.46. The van der Waals surface area contributed by atoms with Crippen molar-refractivity contribution in [3.05, 3.63) is 101 Å². The molecule has 42 heavy (non-hydrogen) atoms. The summed E-state index contributed by atoms with van der Waals surface area (Å²) in [4.78, 5) is 44.7. The number of aromatic amines is 1. The molecule has 0 aliphatic carbocycles. The number of aliphatic hydroxyl groups is 1. The molecule has 0 saturated carbocycles. The highest BCUT2D eigenvalue weighted by Gasteiger charge is 2.30. The monoisotopic (exact) mass is 563 g/mol. The number of H-pyrrole nitrogens is 1. The van der Waals surface area contributed by atoms with Crippen molar-refractivity contribution in [3.8, 4) is 11.6 Å². The summed E-state index contributed by atoms with van der Waals surface area (Å²) in [5.74, 6) is 0.196. The second-order valence-electron chi connectivity index (χ2n) is 10.0. The van der Waals surface area contributed by atoms with Crippen LogP contribution >= 0.6 is 0 Å². The zero-order chi connectivity index (χ0) is 29.2. The van der Waals surface area contributed by atoms with Crippen molar-refractivity contribution in [1.29, 1.82) is 0 Å². The van der Waals surface area contributed by atoms with Crippen LogP contribution in [-0.4, -0.2) is 71.6 Å². The normalized spacial score (nSPS) is 13.4. The topological polar surface area (TPSA) is 139 Å². The number of benzene rings is 1. The first kappa shape index (κ1) is 27.0. The lowest BCUT2D eigenvalue weighted by Crippen LogP contribution is -2.40. The van der Waals surface area contributed by atoms with Crippen LogP contribution in [-0.2, 0) is 11.4 Å². The fourth-order valence-corrected chi connectivity index (χ4v) is 5.44. The summed E-state index contributed by atoms with van der Waals surface area (Å²) in [7, 11) is 1.49. The molecule has 5 aromatic rings. The Hall–Kier alpha value is -5.16. The van der Waals surface area contributed by atoms with Crippen LogP contribution in [0, 0.1) is 6.92 Å². The van der Waals surface area contributed by atoms with Crippen LogP contribution in [0.15, 0.2) is 73.1 Å². The van der Waals surface area contributed by atoms with E-state index in [1.807, 2.05) is 36.4 Å². The van der Waals surface area contributed by atoms with Gasteiger partial charge in [-0.05, 0) is 42.5 Å². The molecule has 1 aromatic carbocycles. The first-order valence-corrected chi connectivity index (χ1v) is 13.6. The SMILES string of the molecule is COc1cnc(-n2cnc(C)n2)c2[nH]cc(C(=O)C(=O)N3CCC(=C(c4ccccc4)c4cncc(CO)c4)CC3)c12. The molecule has 2 N–H and O–H groups in total. The molecular formula is C31H29N7O4. The predicted molar refractivity (Wildman–Crippen MR) is 155 cm³/mol. The number of rotatable bonds is 7. The number of ether oxygens (including phenoxy) is 1. The summed E-state index contributed by atoms with van der Waals surface area (Å²) < 4.78 is 7.02. The second kappa shape index (κ2) is 11.4. The van der Waals surface area contributed by atoms with E-state index in [4.69, 9.17) is 4.74 Å². The number of piperidine rings is 1. The molecule has 1 fully saturated rings. The third-order valence-electron chi connectivity index (χ3n) is 7.47. The van der Waals surface area contributed by atoms with Crippen molar-refractivity contribution in [2.45, 2.75) is 26.4 Å². The van der Waals surface area contributed by atoms with Crippen LogP contribution in [0.1, 0.15) is 45.7 Å². The Kier molecular flexibility index (Phi) is 7.32. The van der Waals surface area contributed by atoms with Gasteiger partial charge in [0.2, 0.25) is 0 Å². The van der Waals surface area contributed by atoms with Gasteiger partial charge < -0.3 is 19.7 Å². The number of aryl methyl sites for hydroxylation is 1. The standard InChI is InChI=1S/C31H29N7O4/c1-19-35-18-38(36-19)30-28-27(25(42-2)16-34-30)24(15-33-28)29(40)31(41)37-10-8-22(9-11-37)26(21-6-4-3-5-7-21)23-12-20(17-39)13-32-14-23/h3-7,12-16,18,33,39H,8-11,17H2,1-2H3. The van der Waals surface area contributed by atoms with E-state index in [-0.39, 0.29) is 12.2 Å². The number of hydrogen-bond donors (Lipinski definition) is 2. The van der Waals surface area contributed by atoms with Gasteiger partial charge in [0, 0.05) is 37.2 Å². The molecule has 6 rings (SSSR count). The molecule has 1 amide bonds. The third kappa shape index (κ3) is 4.94. The molecule has 0 radical (unpaired) electrons. The second-order valence-corrected chi connectivity index (χ2v) is 10.0. The summed E-state index contributed by atoms with van der Waals surface area (Å²) in [6, 6.07) is 12.0. The molecule has 0 spiro atoms. The minimum Gasteiger partial charge on any atom is -0.494 e. The van der Waals surface area contributed by atoms with E-state index in [2.05, 4.69) is 25.0 Å². The molecule has 0 unspecified atom stereocenters. The van der Waals surface area contributed by atoms with E-state index in [0.29, 0.717) is 54.2 Å². The third-order valence-corrected chi connectivity index (χ3v) is 7.47. The number of nitrogens with one attached hydrogen (secondary N) is 1. The van der Waals surface area contributed by atoms with E-state index in [1.165, 1.54) is 36.1 Å². The zero-order valence-corrected chi connectivity index (χ0v) is 23.2. The van der Waals surface area contributed by atoms with Crippen molar-refractivity contribution >= 4 is 28.2 Å². The Morgan fingerprint density at radius 3 is 2.52 bits per heavy atom. The van der Waals surface area contributed by atoms with Gasteiger partial charge in [-0.15, -0.1) is 0 Å². The number of carbonyl (C=O) groups excluding carboxylic acids is 2. The number of hydrogen-bond acceptors (Lipinski definition) is 8. The first-order chi connectivity index (χ1) is 20.5. The molecule has 0 bridgehead atoms. The van der Waals surface area contributed by atoms with Gasteiger partial charge in [-0.25, -0.2) is 14.6 Å². The van der Waals surface area contributed by atoms with Crippen LogP contribution in [0.4, 0.5) is 0 Å². The number of aromatic nitrogens is 6. The number of aliphatic hydroxyl groups excluding tert-OH is 1. The van der Waals surface area contributed by atoms with Crippen LogP contribution in [0.3, 0.4) is 0 Å². The number of pyridine rings is 2. The average Bonchev–Trinajstić information content (AvgIpc) is 3.68. The molecule has 212 valence electrons. The summed E-state index contributed by atoms with van der Waals surface area (Å²) in [6.07, 6.45) is 9.21. The maximum absolute atomic E-state index is 13.6. The largest absolute Gasteiger partial charge is 0.494 e. The Labute approximate surface area is 241 Å². The average molecular weight is 564 g/mol. The highest BCUT2D eigenvalue weighted by atomic mass is 16.5. The van der Waals surface area contributed by atoms with E-state index in [0.717, 1.165) is 22.3 Å². The lowest BCUT2D eigenvalue weighted by Gasteiger charge is -2.30. The summed E-state index contributed by atoms with van der Waals surface area (Å²) >= 11 is 0. The number of nitrogens with zero attached hydrogens (tertiary/aromatic N) is 6.